The lowest BCUT2D eigenvalue weighted by atomic mass is 9.99. The lowest BCUT2D eigenvalue weighted by Crippen LogP contribution is -2.42. The van der Waals surface area contributed by atoms with Crippen molar-refractivity contribution in [2.45, 2.75) is 30.7 Å². The molecular formula is C24H24FN3O3S2. The van der Waals surface area contributed by atoms with Crippen molar-refractivity contribution in [2.24, 2.45) is 0 Å². The molecule has 0 spiro atoms. The van der Waals surface area contributed by atoms with Crippen molar-refractivity contribution >= 4 is 44.4 Å². The number of halogens is 1. The standard InChI is InChI=1S/C24H24FN3O3S2/c1-16-6-7-17-14-18(25)8-13-23(17)28(16)33(29,30)22-11-9-19(10-12-22)26-24(32)27-20-4-3-5-21(15-20)31-2/h3-5,8-16H,6-7H2,1-2H3,(H2,26,27,32). The van der Waals surface area contributed by atoms with E-state index >= 15 is 0 Å². The third kappa shape index (κ3) is 4.94. The number of thiocarbonyl (C=S) groups is 1. The molecule has 172 valence electrons. The highest BCUT2D eigenvalue weighted by molar-refractivity contribution is 7.92. The van der Waals surface area contributed by atoms with Gasteiger partial charge in [0.05, 0.1) is 17.7 Å². The molecule has 9 heteroatoms. The number of methoxy groups -OCH3 is 1. The summed E-state index contributed by atoms with van der Waals surface area (Å²) in [4.78, 5) is 0.156. The van der Waals surface area contributed by atoms with Crippen LogP contribution < -0.4 is 19.7 Å². The van der Waals surface area contributed by atoms with E-state index in [2.05, 4.69) is 10.6 Å². The maximum atomic E-state index is 13.7. The number of hydrogen-bond donors (Lipinski definition) is 2. The third-order valence-corrected chi connectivity index (χ3v) is 7.65. The van der Waals surface area contributed by atoms with Gasteiger partial charge in [0.1, 0.15) is 11.6 Å². The van der Waals surface area contributed by atoms with E-state index in [1.165, 1.54) is 34.6 Å². The molecule has 1 atom stereocenters. The van der Waals surface area contributed by atoms with Gasteiger partial charge in [-0.15, -0.1) is 0 Å². The Hall–Kier alpha value is -3.17. The van der Waals surface area contributed by atoms with Crippen LogP contribution in [0.3, 0.4) is 0 Å². The summed E-state index contributed by atoms with van der Waals surface area (Å²) in [5.74, 6) is 0.336. The minimum absolute atomic E-state index is 0.156. The molecule has 0 bridgehead atoms. The van der Waals surface area contributed by atoms with Crippen LogP contribution in [0.15, 0.2) is 71.6 Å². The molecule has 1 aliphatic rings. The first-order valence-electron chi connectivity index (χ1n) is 10.4. The van der Waals surface area contributed by atoms with Crippen LogP contribution in [0.5, 0.6) is 5.75 Å². The van der Waals surface area contributed by atoms with Crippen molar-refractivity contribution in [3.05, 3.63) is 78.1 Å². The minimum atomic E-state index is -3.82. The van der Waals surface area contributed by atoms with Crippen LogP contribution >= 0.6 is 12.2 Å². The Kier molecular flexibility index (Phi) is 6.53. The van der Waals surface area contributed by atoms with Crippen molar-refractivity contribution in [1.29, 1.82) is 0 Å². The Morgan fingerprint density at radius 1 is 1.06 bits per heavy atom. The van der Waals surface area contributed by atoms with Crippen LogP contribution in [0, 0.1) is 5.82 Å². The monoisotopic (exact) mass is 485 g/mol. The third-order valence-electron chi connectivity index (χ3n) is 5.51. The zero-order valence-corrected chi connectivity index (χ0v) is 19.8. The fourth-order valence-corrected chi connectivity index (χ4v) is 5.83. The van der Waals surface area contributed by atoms with E-state index in [4.69, 9.17) is 17.0 Å². The van der Waals surface area contributed by atoms with Gasteiger partial charge >= 0.3 is 0 Å². The molecule has 0 fully saturated rings. The van der Waals surface area contributed by atoms with Gasteiger partial charge in [-0.3, -0.25) is 4.31 Å². The summed E-state index contributed by atoms with van der Waals surface area (Å²) in [6.07, 6.45) is 1.26. The molecule has 0 aromatic heterocycles. The average molecular weight is 486 g/mol. The van der Waals surface area contributed by atoms with Gasteiger partial charge in [0, 0.05) is 23.5 Å². The summed E-state index contributed by atoms with van der Waals surface area (Å²) in [7, 11) is -2.23. The second-order valence-corrected chi connectivity index (χ2v) is 10.0. The van der Waals surface area contributed by atoms with Crippen LogP contribution in [0.1, 0.15) is 18.9 Å². The number of ether oxygens (including phenoxy) is 1. The van der Waals surface area contributed by atoms with Crippen LogP contribution in [-0.2, 0) is 16.4 Å². The maximum Gasteiger partial charge on any atom is 0.264 e. The molecule has 6 nitrogen and oxygen atoms in total. The largest absolute Gasteiger partial charge is 0.497 e. The number of hydrogen-bond acceptors (Lipinski definition) is 4. The SMILES string of the molecule is COc1cccc(NC(=S)Nc2ccc(S(=O)(=O)N3c4ccc(F)cc4CCC3C)cc2)c1. The molecule has 0 aliphatic carbocycles. The Balaban J connectivity index is 1.51. The van der Waals surface area contributed by atoms with Gasteiger partial charge in [0.15, 0.2) is 5.11 Å². The molecule has 0 amide bonds. The van der Waals surface area contributed by atoms with Crippen molar-refractivity contribution in [3.8, 4) is 5.75 Å². The van der Waals surface area contributed by atoms with Gasteiger partial charge in [-0.2, -0.15) is 0 Å². The normalized spacial score (nSPS) is 15.5. The van der Waals surface area contributed by atoms with E-state index in [1.54, 1.807) is 19.2 Å². The predicted octanol–water partition coefficient (Wildman–Crippen LogP) is 5.17. The number of nitrogens with one attached hydrogen (secondary N) is 2. The Morgan fingerprint density at radius 3 is 2.52 bits per heavy atom. The summed E-state index contributed by atoms with van der Waals surface area (Å²) in [5.41, 5.74) is 2.63. The van der Waals surface area contributed by atoms with E-state index < -0.39 is 10.0 Å². The highest BCUT2D eigenvalue weighted by atomic mass is 32.2. The number of nitrogens with zero attached hydrogens (tertiary/aromatic N) is 1. The number of fused-ring (bicyclic) bond motifs is 1. The summed E-state index contributed by atoms with van der Waals surface area (Å²) in [6, 6.07) is 17.8. The highest BCUT2D eigenvalue weighted by Crippen LogP contribution is 2.36. The lowest BCUT2D eigenvalue weighted by Gasteiger charge is -2.36. The number of aryl methyl sites for hydroxylation is 1. The summed E-state index contributed by atoms with van der Waals surface area (Å²) in [6.45, 7) is 1.86. The molecule has 33 heavy (non-hydrogen) atoms. The second-order valence-electron chi connectivity index (χ2n) is 7.80. The van der Waals surface area contributed by atoms with E-state index in [0.717, 1.165) is 5.69 Å². The van der Waals surface area contributed by atoms with Gasteiger partial charge in [0.2, 0.25) is 0 Å². The molecule has 1 heterocycles. The topological polar surface area (TPSA) is 70.7 Å². The molecule has 2 N–H and O–H groups in total. The van der Waals surface area contributed by atoms with Crippen molar-refractivity contribution in [3.63, 3.8) is 0 Å². The zero-order valence-electron chi connectivity index (χ0n) is 18.2. The number of anilines is 3. The van der Waals surface area contributed by atoms with E-state index in [0.29, 0.717) is 40.6 Å². The first-order chi connectivity index (χ1) is 15.8. The fraction of sp³-hybridized carbons (Fsp3) is 0.208. The molecule has 0 saturated carbocycles. The number of benzene rings is 3. The van der Waals surface area contributed by atoms with E-state index in [-0.39, 0.29) is 16.8 Å². The molecule has 4 rings (SSSR count). The van der Waals surface area contributed by atoms with Crippen LogP contribution in [0.25, 0.3) is 0 Å². The first kappa shape index (κ1) is 23.0. The van der Waals surface area contributed by atoms with E-state index in [1.807, 2.05) is 31.2 Å². The van der Waals surface area contributed by atoms with E-state index in [9.17, 15) is 12.8 Å². The van der Waals surface area contributed by atoms with Gasteiger partial charge in [-0.05, 0) is 92.1 Å². The molecule has 3 aromatic carbocycles. The molecule has 1 aliphatic heterocycles. The van der Waals surface area contributed by atoms with Crippen LogP contribution in [0.4, 0.5) is 21.5 Å². The fourth-order valence-electron chi connectivity index (χ4n) is 3.87. The lowest BCUT2D eigenvalue weighted by molar-refractivity contribution is 0.415. The minimum Gasteiger partial charge on any atom is -0.497 e. The number of rotatable bonds is 5. The molecule has 0 saturated heterocycles. The van der Waals surface area contributed by atoms with Gasteiger partial charge < -0.3 is 15.4 Å². The van der Waals surface area contributed by atoms with Crippen molar-refractivity contribution < 1.29 is 17.5 Å². The highest BCUT2D eigenvalue weighted by Gasteiger charge is 2.33. The van der Waals surface area contributed by atoms with Crippen LogP contribution in [0.2, 0.25) is 0 Å². The Labute approximate surface area is 198 Å². The molecule has 3 aromatic rings. The van der Waals surface area contributed by atoms with Crippen molar-refractivity contribution in [1.82, 2.24) is 0 Å². The molecule has 0 radical (unpaired) electrons. The summed E-state index contributed by atoms with van der Waals surface area (Å²) >= 11 is 5.36. The predicted molar refractivity (Wildman–Crippen MR) is 133 cm³/mol. The van der Waals surface area contributed by atoms with Crippen molar-refractivity contribution in [2.75, 3.05) is 22.0 Å². The second kappa shape index (κ2) is 9.36. The quantitative estimate of drug-likeness (QED) is 0.486. The molecular weight excluding hydrogens is 461 g/mol. The Morgan fingerprint density at radius 2 is 1.79 bits per heavy atom. The van der Waals surface area contributed by atoms with Gasteiger partial charge in [-0.1, -0.05) is 6.07 Å². The van der Waals surface area contributed by atoms with Gasteiger partial charge in [-0.25, -0.2) is 12.8 Å². The Bertz CT molecular complexity index is 1280. The summed E-state index contributed by atoms with van der Waals surface area (Å²) < 4.78 is 47.1. The smallest absolute Gasteiger partial charge is 0.264 e. The van der Waals surface area contributed by atoms with Crippen LogP contribution in [-0.4, -0.2) is 26.7 Å². The number of sulfonamides is 1. The average Bonchev–Trinajstić information content (AvgIpc) is 2.79. The molecule has 1 unspecified atom stereocenters. The first-order valence-corrected chi connectivity index (χ1v) is 12.3. The maximum absolute atomic E-state index is 13.7. The van der Waals surface area contributed by atoms with Gasteiger partial charge in [0.25, 0.3) is 10.0 Å². The summed E-state index contributed by atoms with van der Waals surface area (Å²) in [5, 5.41) is 6.47. The zero-order chi connectivity index (χ0) is 23.6.